The fraction of sp³-hybridized carbons (Fsp3) is 0. The first kappa shape index (κ1) is 7.38. The van der Waals surface area contributed by atoms with Crippen LogP contribution in [0.15, 0.2) is 36.1 Å². The summed E-state index contributed by atoms with van der Waals surface area (Å²) in [5.41, 5.74) is 1.19. The number of rotatable bonds is 2. The lowest BCUT2D eigenvalue weighted by Gasteiger charge is -1.93. The highest BCUT2D eigenvalue weighted by Crippen LogP contribution is 2.09. The Bertz CT molecular complexity index is 299. The Balaban J connectivity index is 2.94. The lowest BCUT2D eigenvalue weighted by molar-refractivity contribution is 0.565. The Morgan fingerprint density at radius 1 is 1.55 bits per heavy atom. The van der Waals surface area contributed by atoms with Gasteiger partial charge < -0.3 is 0 Å². The van der Waals surface area contributed by atoms with Gasteiger partial charge in [-0.25, -0.2) is 4.79 Å². The fourth-order valence-electron chi connectivity index (χ4n) is 0.664. The summed E-state index contributed by atoms with van der Waals surface area (Å²) in [6.07, 6.45) is 4.64. The van der Waals surface area contributed by atoms with E-state index in [4.69, 9.17) is 0 Å². The van der Waals surface area contributed by atoms with Gasteiger partial charge in [-0.1, -0.05) is 6.58 Å². The standard InChI is InChI=1S/C8H6N2O/c1-7(10-6-11)8-2-4-9-5-3-8/h2-5H,1H2. The smallest absolute Gasteiger partial charge is 0.240 e. The number of isocyanates is 1. The molecule has 11 heavy (non-hydrogen) atoms. The van der Waals surface area contributed by atoms with E-state index in [1.807, 2.05) is 0 Å². The number of nitrogens with zero attached hydrogens (tertiary/aromatic N) is 2. The molecule has 1 heterocycles. The fourth-order valence-corrected chi connectivity index (χ4v) is 0.664. The number of carbonyl (C=O) groups excluding carboxylic acids is 1. The van der Waals surface area contributed by atoms with Gasteiger partial charge in [0, 0.05) is 18.0 Å². The molecule has 3 heteroatoms. The van der Waals surface area contributed by atoms with Crippen LogP contribution in [0.1, 0.15) is 5.56 Å². The molecule has 0 amide bonds. The van der Waals surface area contributed by atoms with Crippen molar-refractivity contribution >= 4 is 11.8 Å². The Hall–Kier alpha value is -1.73. The summed E-state index contributed by atoms with van der Waals surface area (Å²) >= 11 is 0. The average Bonchev–Trinajstić information content (AvgIpc) is 2.07. The van der Waals surface area contributed by atoms with E-state index in [1.165, 1.54) is 6.08 Å². The van der Waals surface area contributed by atoms with E-state index in [0.717, 1.165) is 5.56 Å². The Kier molecular flexibility index (Phi) is 2.31. The molecule has 1 rings (SSSR count). The number of aromatic nitrogens is 1. The summed E-state index contributed by atoms with van der Waals surface area (Å²) in [5, 5.41) is 0. The molecule has 0 spiro atoms. The number of hydrogen-bond donors (Lipinski definition) is 0. The highest BCUT2D eigenvalue weighted by Gasteiger charge is 1.92. The van der Waals surface area contributed by atoms with Gasteiger partial charge in [-0.15, -0.1) is 0 Å². The molecule has 0 saturated heterocycles. The minimum atomic E-state index is 0.405. The van der Waals surface area contributed by atoms with Crippen molar-refractivity contribution in [2.75, 3.05) is 0 Å². The molecule has 1 aromatic heterocycles. The van der Waals surface area contributed by atoms with Gasteiger partial charge in [0.05, 0.1) is 5.70 Å². The third kappa shape index (κ3) is 1.85. The lowest BCUT2D eigenvalue weighted by atomic mass is 10.2. The molecule has 0 atom stereocenters. The molecule has 0 saturated carbocycles. The molecular formula is C8H6N2O. The second-order valence-electron chi connectivity index (χ2n) is 1.89. The highest BCUT2D eigenvalue weighted by atomic mass is 16.1. The molecule has 1 aromatic rings. The van der Waals surface area contributed by atoms with Gasteiger partial charge in [-0.3, -0.25) is 4.98 Å². The Morgan fingerprint density at radius 3 is 2.73 bits per heavy atom. The minimum Gasteiger partial charge on any atom is -0.265 e. The predicted molar refractivity (Wildman–Crippen MR) is 41.4 cm³/mol. The van der Waals surface area contributed by atoms with Gasteiger partial charge in [0.2, 0.25) is 6.08 Å². The van der Waals surface area contributed by atoms with Crippen molar-refractivity contribution in [1.82, 2.24) is 4.98 Å². The SMILES string of the molecule is C=C(N=C=O)c1ccncc1. The summed E-state index contributed by atoms with van der Waals surface area (Å²) in [6, 6.07) is 3.45. The average molecular weight is 146 g/mol. The minimum absolute atomic E-state index is 0.405. The molecule has 0 unspecified atom stereocenters. The Morgan fingerprint density at radius 2 is 2.18 bits per heavy atom. The maximum atomic E-state index is 9.82. The van der Waals surface area contributed by atoms with Crippen LogP contribution in [-0.2, 0) is 4.79 Å². The molecule has 0 aliphatic heterocycles. The second kappa shape index (κ2) is 3.44. The second-order valence-corrected chi connectivity index (χ2v) is 1.89. The molecule has 0 N–H and O–H groups in total. The van der Waals surface area contributed by atoms with Crippen molar-refractivity contribution in [2.24, 2.45) is 4.99 Å². The molecule has 0 radical (unpaired) electrons. The predicted octanol–water partition coefficient (Wildman–Crippen LogP) is 1.39. The zero-order valence-corrected chi connectivity index (χ0v) is 5.82. The van der Waals surface area contributed by atoms with Crippen molar-refractivity contribution in [3.63, 3.8) is 0 Å². The van der Waals surface area contributed by atoms with E-state index in [9.17, 15) is 4.79 Å². The van der Waals surface area contributed by atoms with E-state index < -0.39 is 0 Å². The summed E-state index contributed by atoms with van der Waals surface area (Å²) in [4.78, 5) is 17.0. The first-order valence-corrected chi connectivity index (χ1v) is 3.02. The molecule has 0 aliphatic carbocycles. The molecule has 54 valence electrons. The van der Waals surface area contributed by atoms with Crippen LogP contribution in [0.3, 0.4) is 0 Å². The van der Waals surface area contributed by atoms with E-state index in [1.54, 1.807) is 24.5 Å². The molecule has 0 bridgehead atoms. The van der Waals surface area contributed by atoms with Crippen LogP contribution in [0.5, 0.6) is 0 Å². The van der Waals surface area contributed by atoms with Crippen molar-refractivity contribution in [3.05, 3.63) is 36.7 Å². The van der Waals surface area contributed by atoms with Crippen LogP contribution in [0.2, 0.25) is 0 Å². The first-order chi connectivity index (χ1) is 5.34. The number of hydrogen-bond acceptors (Lipinski definition) is 3. The van der Waals surface area contributed by atoms with Gasteiger partial charge in [-0.2, -0.15) is 4.99 Å². The van der Waals surface area contributed by atoms with Gasteiger partial charge >= 0.3 is 0 Å². The monoisotopic (exact) mass is 146 g/mol. The Labute approximate surface area is 64.1 Å². The van der Waals surface area contributed by atoms with Crippen LogP contribution in [0.25, 0.3) is 5.70 Å². The van der Waals surface area contributed by atoms with Crippen LogP contribution < -0.4 is 0 Å². The number of aliphatic imine (C=N–C) groups is 1. The highest BCUT2D eigenvalue weighted by molar-refractivity contribution is 5.66. The third-order valence-corrected chi connectivity index (χ3v) is 1.19. The van der Waals surface area contributed by atoms with E-state index >= 15 is 0 Å². The van der Waals surface area contributed by atoms with Gasteiger partial charge in [0.25, 0.3) is 0 Å². The zero-order valence-electron chi connectivity index (χ0n) is 5.82. The normalized spacial score (nSPS) is 8.36. The quantitative estimate of drug-likeness (QED) is 0.467. The largest absolute Gasteiger partial charge is 0.265 e. The van der Waals surface area contributed by atoms with Gasteiger partial charge in [0.15, 0.2) is 0 Å². The van der Waals surface area contributed by atoms with Crippen molar-refractivity contribution < 1.29 is 4.79 Å². The first-order valence-electron chi connectivity index (χ1n) is 3.02. The van der Waals surface area contributed by atoms with Crippen molar-refractivity contribution in [1.29, 1.82) is 0 Å². The molecular weight excluding hydrogens is 140 g/mol. The van der Waals surface area contributed by atoms with Crippen molar-refractivity contribution in [3.8, 4) is 0 Å². The maximum Gasteiger partial charge on any atom is 0.240 e. The van der Waals surface area contributed by atoms with Gasteiger partial charge in [-0.05, 0) is 12.1 Å². The van der Waals surface area contributed by atoms with E-state index in [0.29, 0.717) is 5.70 Å². The molecule has 0 aliphatic rings. The summed E-state index contributed by atoms with van der Waals surface area (Å²) in [6.45, 7) is 3.56. The van der Waals surface area contributed by atoms with Gasteiger partial charge in [0.1, 0.15) is 0 Å². The van der Waals surface area contributed by atoms with Crippen LogP contribution >= 0.6 is 0 Å². The lowest BCUT2D eigenvalue weighted by Crippen LogP contribution is -1.78. The van der Waals surface area contributed by atoms with Crippen LogP contribution in [-0.4, -0.2) is 11.1 Å². The van der Waals surface area contributed by atoms with Crippen molar-refractivity contribution in [2.45, 2.75) is 0 Å². The van der Waals surface area contributed by atoms with E-state index in [2.05, 4.69) is 16.6 Å². The summed E-state index contributed by atoms with van der Waals surface area (Å²) < 4.78 is 0. The van der Waals surface area contributed by atoms with Crippen LogP contribution in [0.4, 0.5) is 0 Å². The summed E-state index contributed by atoms with van der Waals surface area (Å²) in [5.74, 6) is 0. The topological polar surface area (TPSA) is 42.3 Å². The number of pyridine rings is 1. The molecule has 0 aromatic carbocycles. The van der Waals surface area contributed by atoms with E-state index in [-0.39, 0.29) is 0 Å². The maximum absolute atomic E-state index is 9.82. The summed E-state index contributed by atoms with van der Waals surface area (Å²) in [7, 11) is 0. The van der Waals surface area contributed by atoms with Crippen LogP contribution in [0, 0.1) is 0 Å². The molecule has 0 fully saturated rings. The third-order valence-electron chi connectivity index (χ3n) is 1.19. The zero-order chi connectivity index (χ0) is 8.10. The molecule has 3 nitrogen and oxygen atoms in total.